The zero-order valence-corrected chi connectivity index (χ0v) is 10.0. The molecular formula is C11H20N4O. The SMILES string of the molecule is COCCn1ccnc1N(C)C1CCNC1. The van der Waals surface area contributed by atoms with Crippen molar-refractivity contribution in [2.45, 2.75) is 19.0 Å². The predicted molar refractivity (Wildman–Crippen MR) is 63.8 cm³/mol. The largest absolute Gasteiger partial charge is 0.383 e. The molecule has 5 heteroatoms. The summed E-state index contributed by atoms with van der Waals surface area (Å²) >= 11 is 0. The fourth-order valence-electron chi connectivity index (χ4n) is 2.11. The van der Waals surface area contributed by atoms with Crippen molar-refractivity contribution in [2.75, 3.05) is 38.8 Å². The first-order valence-electron chi connectivity index (χ1n) is 5.76. The number of hydrogen-bond donors (Lipinski definition) is 1. The molecule has 0 aliphatic carbocycles. The molecule has 90 valence electrons. The Morgan fingerprint density at radius 2 is 2.56 bits per heavy atom. The van der Waals surface area contributed by atoms with Gasteiger partial charge in [-0.15, -0.1) is 0 Å². The monoisotopic (exact) mass is 224 g/mol. The molecule has 0 spiro atoms. The van der Waals surface area contributed by atoms with E-state index in [1.807, 2.05) is 12.4 Å². The predicted octanol–water partition coefficient (Wildman–Crippen LogP) is 0.328. The van der Waals surface area contributed by atoms with Gasteiger partial charge in [0.2, 0.25) is 5.95 Å². The Hall–Kier alpha value is -1.07. The zero-order valence-electron chi connectivity index (χ0n) is 10.0. The smallest absolute Gasteiger partial charge is 0.205 e. The maximum absolute atomic E-state index is 5.10. The Morgan fingerprint density at radius 3 is 3.25 bits per heavy atom. The molecule has 1 atom stereocenters. The van der Waals surface area contributed by atoms with Crippen molar-refractivity contribution in [3.63, 3.8) is 0 Å². The van der Waals surface area contributed by atoms with E-state index in [0.29, 0.717) is 6.04 Å². The molecule has 1 aromatic heterocycles. The molecule has 1 saturated heterocycles. The highest BCUT2D eigenvalue weighted by Crippen LogP contribution is 2.16. The van der Waals surface area contributed by atoms with E-state index in [9.17, 15) is 0 Å². The van der Waals surface area contributed by atoms with Crippen molar-refractivity contribution in [1.82, 2.24) is 14.9 Å². The fraction of sp³-hybridized carbons (Fsp3) is 0.727. The summed E-state index contributed by atoms with van der Waals surface area (Å²) in [4.78, 5) is 6.68. The van der Waals surface area contributed by atoms with Crippen LogP contribution >= 0.6 is 0 Å². The van der Waals surface area contributed by atoms with E-state index in [2.05, 4.69) is 26.8 Å². The van der Waals surface area contributed by atoms with Crippen LogP contribution < -0.4 is 10.2 Å². The normalized spacial score (nSPS) is 20.2. The van der Waals surface area contributed by atoms with Gasteiger partial charge < -0.3 is 19.5 Å². The van der Waals surface area contributed by atoms with Crippen LogP contribution in [0.4, 0.5) is 5.95 Å². The Morgan fingerprint density at radius 1 is 1.69 bits per heavy atom. The second kappa shape index (κ2) is 5.32. The zero-order chi connectivity index (χ0) is 11.4. The van der Waals surface area contributed by atoms with Gasteiger partial charge in [0.25, 0.3) is 0 Å². The standard InChI is InChI=1S/C11H20N4O/c1-14(10-3-4-12-9-10)11-13-5-6-15(11)7-8-16-2/h5-6,10,12H,3-4,7-9H2,1-2H3. The topological polar surface area (TPSA) is 42.3 Å². The van der Waals surface area contributed by atoms with Crippen LogP contribution in [-0.2, 0) is 11.3 Å². The molecule has 0 saturated carbocycles. The van der Waals surface area contributed by atoms with E-state index in [1.165, 1.54) is 6.42 Å². The first-order chi connectivity index (χ1) is 7.83. The molecule has 1 aromatic rings. The second-order valence-corrected chi connectivity index (χ2v) is 4.17. The lowest BCUT2D eigenvalue weighted by molar-refractivity contribution is 0.187. The number of anilines is 1. The van der Waals surface area contributed by atoms with Crippen LogP contribution in [0.15, 0.2) is 12.4 Å². The van der Waals surface area contributed by atoms with E-state index in [-0.39, 0.29) is 0 Å². The molecule has 16 heavy (non-hydrogen) atoms. The summed E-state index contributed by atoms with van der Waals surface area (Å²) in [5, 5.41) is 3.37. The molecule has 0 radical (unpaired) electrons. The number of nitrogens with one attached hydrogen (secondary N) is 1. The van der Waals surface area contributed by atoms with Gasteiger partial charge in [0.15, 0.2) is 0 Å². The summed E-state index contributed by atoms with van der Waals surface area (Å²) in [6.45, 7) is 3.73. The van der Waals surface area contributed by atoms with Crippen LogP contribution in [0.3, 0.4) is 0 Å². The summed E-state index contributed by atoms with van der Waals surface area (Å²) in [6.07, 6.45) is 5.05. The summed E-state index contributed by atoms with van der Waals surface area (Å²) < 4.78 is 7.24. The third-order valence-corrected chi connectivity index (χ3v) is 3.13. The molecule has 0 amide bonds. The number of likely N-dealkylation sites (N-methyl/N-ethyl adjacent to an activating group) is 1. The average Bonchev–Trinajstić information content (AvgIpc) is 2.96. The molecule has 1 aliphatic heterocycles. The molecule has 0 aromatic carbocycles. The van der Waals surface area contributed by atoms with Gasteiger partial charge in [0.05, 0.1) is 6.61 Å². The van der Waals surface area contributed by atoms with Crippen molar-refractivity contribution in [2.24, 2.45) is 0 Å². The van der Waals surface area contributed by atoms with Crippen molar-refractivity contribution >= 4 is 5.95 Å². The van der Waals surface area contributed by atoms with Crippen molar-refractivity contribution in [3.8, 4) is 0 Å². The summed E-state index contributed by atoms with van der Waals surface area (Å²) in [6, 6.07) is 0.559. The number of imidazole rings is 1. The maximum Gasteiger partial charge on any atom is 0.205 e. The van der Waals surface area contributed by atoms with Crippen molar-refractivity contribution in [1.29, 1.82) is 0 Å². The Balaban J connectivity index is 2.03. The van der Waals surface area contributed by atoms with Gasteiger partial charge >= 0.3 is 0 Å². The highest BCUT2D eigenvalue weighted by Gasteiger charge is 2.21. The van der Waals surface area contributed by atoms with E-state index >= 15 is 0 Å². The number of hydrogen-bond acceptors (Lipinski definition) is 4. The molecule has 2 rings (SSSR count). The van der Waals surface area contributed by atoms with Crippen molar-refractivity contribution < 1.29 is 4.74 Å². The third-order valence-electron chi connectivity index (χ3n) is 3.13. The lowest BCUT2D eigenvalue weighted by atomic mass is 10.2. The molecular weight excluding hydrogens is 204 g/mol. The summed E-state index contributed by atoms with van der Waals surface area (Å²) in [5.74, 6) is 1.03. The quantitative estimate of drug-likeness (QED) is 0.782. The molecule has 0 bridgehead atoms. The van der Waals surface area contributed by atoms with Gasteiger partial charge in [-0.05, 0) is 13.0 Å². The molecule has 1 fully saturated rings. The molecule has 1 aliphatic rings. The first-order valence-corrected chi connectivity index (χ1v) is 5.76. The number of nitrogens with zero attached hydrogens (tertiary/aromatic N) is 3. The fourth-order valence-corrected chi connectivity index (χ4v) is 2.11. The van der Waals surface area contributed by atoms with Gasteiger partial charge in [0.1, 0.15) is 0 Å². The number of rotatable bonds is 5. The van der Waals surface area contributed by atoms with Crippen LogP contribution in [0.1, 0.15) is 6.42 Å². The first kappa shape index (κ1) is 11.4. The van der Waals surface area contributed by atoms with Gasteiger partial charge in [-0.2, -0.15) is 0 Å². The van der Waals surface area contributed by atoms with E-state index in [0.717, 1.165) is 32.2 Å². The second-order valence-electron chi connectivity index (χ2n) is 4.17. The summed E-state index contributed by atoms with van der Waals surface area (Å²) in [7, 11) is 3.84. The Labute approximate surface area is 96.4 Å². The van der Waals surface area contributed by atoms with Crippen LogP contribution in [0, 0.1) is 0 Å². The Bertz CT molecular complexity index is 320. The average molecular weight is 224 g/mol. The minimum Gasteiger partial charge on any atom is -0.383 e. The van der Waals surface area contributed by atoms with Gasteiger partial charge in [-0.3, -0.25) is 0 Å². The molecule has 2 heterocycles. The van der Waals surface area contributed by atoms with E-state index in [1.54, 1.807) is 7.11 Å². The number of ether oxygens (including phenoxy) is 1. The maximum atomic E-state index is 5.10. The van der Waals surface area contributed by atoms with Crippen molar-refractivity contribution in [3.05, 3.63) is 12.4 Å². The minimum absolute atomic E-state index is 0.559. The molecule has 1 unspecified atom stereocenters. The lowest BCUT2D eigenvalue weighted by Crippen LogP contribution is -2.35. The van der Waals surface area contributed by atoms with E-state index < -0.39 is 0 Å². The third kappa shape index (κ3) is 2.36. The lowest BCUT2D eigenvalue weighted by Gasteiger charge is -2.25. The highest BCUT2D eigenvalue weighted by molar-refractivity contribution is 5.32. The molecule has 5 nitrogen and oxygen atoms in total. The van der Waals surface area contributed by atoms with Crippen LogP contribution in [0.5, 0.6) is 0 Å². The molecule has 1 N–H and O–H groups in total. The Kier molecular flexibility index (Phi) is 3.79. The number of methoxy groups -OCH3 is 1. The van der Waals surface area contributed by atoms with E-state index in [4.69, 9.17) is 4.74 Å². The van der Waals surface area contributed by atoms with Gasteiger partial charge in [0, 0.05) is 45.7 Å². The minimum atomic E-state index is 0.559. The van der Waals surface area contributed by atoms with Crippen LogP contribution in [0.2, 0.25) is 0 Å². The highest BCUT2D eigenvalue weighted by atomic mass is 16.5. The van der Waals surface area contributed by atoms with Gasteiger partial charge in [-0.25, -0.2) is 4.98 Å². The summed E-state index contributed by atoms with van der Waals surface area (Å²) in [5.41, 5.74) is 0. The van der Waals surface area contributed by atoms with Crippen LogP contribution in [0.25, 0.3) is 0 Å². The van der Waals surface area contributed by atoms with Crippen LogP contribution in [-0.4, -0.2) is 49.4 Å². The van der Waals surface area contributed by atoms with Gasteiger partial charge in [-0.1, -0.05) is 0 Å². The number of aromatic nitrogens is 2.